The summed E-state index contributed by atoms with van der Waals surface area (Å²) in [6.07, 6.45) is 6.62. The number of piperidine rings is 1. The molecule has 0 aliphatic carbocycles. The van der Waals surface area contributed by atoms with E-state index in [4.69, 9.17) is 9.47 Å². The minimum Gasteiger partial charge on any atom is -0.493 e. The molecule has 0 aromatic heterocycles. The molecule has 150 valence electrons. The van der Waals surface area contributed by atoms with Crippen LogP contribution in [0.25, 0.3) is 6.08 Å². The monoisotopic (exact) mass is 396 g/mol. The fourth-order valence-corrected chi connectivity index (χ4v) is 3.83. The van der Waals surface area contributed by atoms with Crippen LogP contribution < -0.4 is 14.2 Å². The van der Waals surface area contributed by atoms with Gasteiger partial charge in [0.15, 0.2) is 11.5 Å². The Morgan fingerprint density at radius 2 is 2.07 bits per heavy atom. The first kappa shape index (κ1) is 21.2. The zero-order valence-electron chi connectivity index (χ0n) is 16.3. The maximum atomic E-state index is 13.0. The summed E-state index contributed by atoms with van der Waals surface area (Å²) in [7, 11) is -0.127. The second kappa shape index (κ2) is 9.23. The molecule has 1 fully saturated rings. The first-order chi connectivity index (χ1) is 12.8. The second-order valence-electron chi connectivity index (χ2n) is 6.68. The van der Waals surface area contributed by atoms with E-state index in [1.807, 2.05) is 19.1 Å². The van der Waals surface area contributed by atoms with E-state index in [0.29, 0.717) is 36.7 Å². The SMILES string of the molecule is C/C=C\c1cc(C(=O)N2CCC[C@@H](CNS(C)(=O)=O)C2)cc(OC)c1OC. The van der Waals surface area contributed by atoms with Crippen molar-refractivity contribution in [2.45, 2.75) is 19.8 Å². The van der Waals surface area contributed by atoms with Crippen LogP contribution in [-0.2, 0) is 10.0 Å². The molecule has 1 aliphatic heterocycles. The van der Waals surface area contributed by atoms with Gasteiger partial charge in [-0.3, -0.25) is 4.79 Å². The molecule has 0 saturated carbocycles. The number of ether oxygens (including phenoxy) is 2. The average Bonchev–Trinajstić information content (AvgIpc) is 2.65. The summed E-state index contributed by atoms with van der Waals surface area (Å²) < 4.78 is 36.0. The summed E-state index contributed by atoms with van der Waals surface area (Å²) in [6, 6.07) is 3.48. The van der Waals surface area contributed by atoms with E-state index < -0.39 is 10.0 Å². The van der Waals surface area contributed by atoms with Crippen molar-refractivity contribution in [3.8, 4) is 11.5 Å². The highest BCUT2D eigenvalue weighted by Crippen LogP contribution is 2.34. The van der Waals surface area contributed by atoms with Gasteiger partial charge in [0, 0.05) is 30.8 Å². The number of hydrogen-bond donors (Lipinski definition) is 1. The lowest BCUT2D eigenvalue weighted by molar-refractivity contribution is 0.0676. The van der Waals surface area contributed by atoms with E-state index in [-0.39, 0.29) is 11.8 Å². The quantitative estimate of drug-likeness (QED) is 0.763. The van der Waals surface area contributed by atoms with Gasteiger partial charge >= 0.3 is 0 Å². The number of hydrogen-bond acceptors (Lipinski definition) is 5. The van der Waals surface area contributed by atoms with Crippen LogP contribution in [0.1, 0.15) is 35.7 Å². The highest BCUT2D eigenvalue weighted by molar-refractivity contribution is 7.88. The van der Waals surface area contributed by atoms with Gasteiger partial charge in [0.25, 0.3) is 5.91 Å². The molecule has 1 saturated heterocycles. The molecule has 1 atom stereocenters. The number of nitrogens with zero attached hydrogens (tertiary/aromatic N) is 1. The third-order valence-corrected chi connectivity index (χ3v) is 5.23. The first-order valence-electron chi connectivity index (χ1n) is 8.91. The zero-order chi connectivity index (χ0) is 20.0. The highest BCUT2D eigenvalue weighted by atomic mass is 32.2. The molecule has 1 aromatic carbocycles. The lowest BCUT2D eigenvalue weighted by Gasteiger charge is -2.33. The number of allylic oxidation sites excluding steroid dienone is 1. The largest absolute Gasteiger partial charge is 0.493 e. The second-order valence-corrected chi connectivity index (χ2v) is 8.51. The van der Waals surface area contributed by atoms with E-state index in [0.717, 1.165) is 24.7 Å². The zero-order valence-corrected chi connectivity index (χ0v) is 17.1. The van der Waals surface area contributed by atoms with Crippen LogP contribution in [0.15, 0.2) is 18.2 Å². The molecule has 2 rings (SSSR count). The van der Waals surface area contributed by atoms with E-state index in [1.54, 1.807) is 31.3 Å². The number of carbonyl (C=O) groups is 1. The van der Waals surface area contributed by atoms with Gasteiger partial charge in [0.2, 0.25) is 10.0 Å². The van der Waals surface area contributed by atoms with Crippen molar-refractivity contribution in [3.05, 3.63) is 29.3 Å². The van der Waals surface area contributed by atoms with Crippen LogP contribution in [0.3, 0.4) is 0 Å². The van der Waals surface area contributed by atoms with Gasteiger partial charge in [0.05, 0.1) is 20.5 Å². The van der Waals surface area contributed by atoms with Crippen molar-refractivity contribution in [2.24, 2.45) is 5.92 Å². The number of amides is 1. The van der Waals surface area contributed by atoms with Crippen LogP contribution in [-0.4, -0.2) is 59.3 Å². The summed E-state index contributed by atoms with van der Waals surface area (Å²) >= 11 is 0. The van der Waals surface area contributed by atoms with Gasteiger partial charge in [-0.2, -0.15) is 0 Å². The summed E-state index contributed by atoms with van der Waals surface area (Å²) in [5.41, 5.74) is 1.30. The molecule has 0 unspecified atom stereocenters. The molecule has 1 aliphatic rings. The van der Waals surface area contributed by atoms with Gasteiger partial charge in [0.1, 0.15) is 0 Å². The minimum atomic E-state index is -3.23. The lowest BCUT2D eigenvalue weighted by Crippen LogP contribution is -2.43. The Morgan fingerprint density at radius 1 is 1.33 bits per heavy atom. The minimum absolute atomic E-state index is 0.0919. The normalized spacial score (nSPS) is 17.9. The Kier molecular flexibility index (Phi) is 7.26. The van der Waals surface area contributed by atoms with Crippen molar-refractivity contribution in [2.75, 3.05) is 40.1 Å². The van der Waals surface area contributed by atoms with Crippen LogP contribution in [0, 0.1) is 5.92 Å². The number of likely N-dealkylation sites (tertiary alicyclic amines) is 1. The molecule has 7 nitrogen and oxygen atoms in total. The van der Waals surface area contributed by atoms with E-state index in [1.165, 1.54) is 0 Å². The third kappa shape index (κ3) is 5.71. The molecule has 1 aromatic rings. The molecule has 27 heavy (non-hydrogen) atoms. The Balaban J connectivity index is 2.22. The van der Waals surface area contributed by atoms with E-state index in [9.17, 15) is 13.2 Å². The molecule has 1 heterocycles. The molecular formula is C19H28N2O5S. The Labute approximate surface area is 161 Å². The van der Waals surface area contributed by atoms with Crippen molar-refractivity contribution in [1.82, 2.24) is 9.62 Å². The predicted octanol–water partition coefficient (Wildman–Crippen LogP) is 2.14. The number of rotatable bonds is 7. The standard InChI is InChI=1S/C19H28N2O5S/c1-5-7-15-10-16(11-17(25-2)18(15)26-3)19(22)21-9-6-8-14(13-21)12-20-27(4,23)24/h5,7,10-11,14,20H,6,8-9,12-13H2,1-4H3/b7-5-/t14-/m0/s1. The Bertz CT molecular complexity index is 805. The first-order valence-corrected chi connectivity index (χ1v) is 10.8. The van der Waals surface area contributed by atoms with Gasteiger partial charge in [-0.05, 0) is 37.8 Å². The fourth-order valence-electron chi connectivity index (χ4n) is 3.29. The lowest BCUT2D eigenvalue weighted by atomic mass is 9.97. The van der Waals surface area contributed by atoms with Crippen molar-refractivity contribution >= 4 is 22.0 Å². The van der Waals surface area contributed by atoms with E-state index >= 15 is 0 Å². The van der Waals surface area contributed by atoms with E-state index in [2.05, 4.69) is 4.72 Å². The molecule has 0 bridgehead atoms. The molecular weight excluding hydrogens is 368 g/mol. The van der Waals surface area contributed by atoms with Crippen molar-refractivity contribution in [3.63, 3.8) is 0 Å². The maximum absolute atomic E-state index is 13.0. The van der Waals surface area contributed by atoms with Gasteiger partial charge in [-0.25, -0.2) is 13.1 Å². The van der Waals surface area contributed by atoms with Crippen molar-refractivity contribution < 1.29 is 22.7 Å². The van der Waals surface area contributed by atoms with Gasteiger partial charge in [-0.15, -0.1) is 0 Å². The van der Waals surface area contributed by atoms with Crippen LogP contribution in [0.2, 0.25) is 0 Å². The maximum Gasteiger partial charge on any atom is 0.254 e. The molecule has 1 N–H and O–H groups in total. The third-order valence-electron chi connectivity index (χ3n) is 4.54. The Morgan fingerprint density at radius 3 is 2.67 bits per heavy atom. The molecule has 0 spiro atoms. The number of benzene rings is 1. The topological polar surface area (TPSA) is 84.9 Å². The number of sulfonamides is 1. The van der Waals surface area contributed by atoms with Crippen LogP contribution in [0.4, 0.5) is 0 Å². The van der Waals surface area contributed by atoms with Crippen molar-refractivity contribution in [1.29, 1.82) is 0 Å². The molecule has 0 radical (unpaired) electrons. The number of methoxy groups -OCH3 is 2. The fraction of sp³-hybridized carbons (Fsp3) is 0.526. The average molecular weight is 397 g/mol. The summed E-state index contributed by atoms with van der Waals surface area (Å²) in [5, 5.41) is 0. The van der Waals surface area contributed by atoms with Gasteiger partial charge in [-0.1, -0.05) is 12.2 Å². The molecule has 1 amide bonds. The highest BCUT2D eigenvalue weighted by Gasteiger charge is 2.26. The number of carbonyl (C=O) groups excluding carboxylic acids is 1. The molecule has 8 heteroatoms. The number of nitrogens with one attached hydrogen (secondary N) is 1. The van der Waals surface area contributed by atoms with Crippen LogP contribution in [0.5, 0.6) is 11.5 Å². The predicted molar refractivity (Wildman–Crippen MR) is 106 cm³/mol. The summed E-state index contributed by atoms with van der Waals surface area (Å²) in [4.78, 5) is 14.8. The van der Waals surface area contributed by atoms with Crippen LogP contribution >= 0.6 is 0 Å². The Hall–Kier alpha value is -2.06. The smallest absolute Gasteiger partial charge is 0.254 e. The summed E-state index contributed by atoms with van der Waals surface area (Å²) in [6.45, 7) is 3.42. The van der Waals surface area contributed by atoms with Gasteiger partial charge < -0.3 is 14.4 Å². The summed E-state index contributed by atoms with van der Waals surface area (Å²) in [5.74, 6) is 1.10.